The lowest BCUT2D eigenvalue weighted by Crippen LogP contribution is -2.38. The van der Waals surface area contributed by atoms with E-state index in [0.29, 0.717) is 18.7 Å². The summed E-state index contributed by atoms with van der Waals surface area (Å²) in [4.78, 5) is 13.9. The Balaban J connectivity index is 2.06. The van der Waals surface area contributed by atoms with Crippen LogP contribution in [0.5, 0.6) is 5.75 Å². The van der Waals surface area contributed by atoms with Crippen molar-refractivity contribution in [1.82, 2.24) is 4.90 Å². The molecule has 1 amide bonds. The lowest BCUT2D eigenvalue weighted by Gasteiger charge is -2.29. The number of amides is 1. The zero-order chi connectivity index (χ0) is 13.8. The molecule has 0 aromatic heterocycles. The number of likely N-dealkylation sites (tertiary alicyclic amines) is 1. The number of ether oxygens (including phenoxy) is 1. The van der Waals surface area contributed by atoms with Crippen LogP contribution in [0.3, 0.4) is 0 Å². The van der Waals surface area contributed by atoms with E-state index in [1.807, 2.05) is 0 Å². The fraction of sp³-hybridized carbons (Fsp3) is 0.462. The number of alkyl halides is 3. The Bertz CT molecular complexity index is 448. The fourth-order valence-electron chi connectivity index (χ4n) is 2.04. The molecule has 104 valence electrons. The molecule has 0 bridgehead atoms. The van der Waals surface area contributed by atoms with Crippen molar-refractivity contribution in [3.8, 4) is 5.75 Å². The molecule has 19 heavy (non-hydrogen) atoms. The molecular weight excluding hydrogens is 276 g/mol. The van der Waals surface area contributed by atoms with Crippen molar-refractivity contribution in [1.29, 1.82) is 0 Å². The first kappa shape index (κ1) is 14.1. The van der Waals surface area contributed by atoms with Gasteiger partial charge in [-0.15, -0.1) is 11.6 Å². The predicted molar refractivity (Wildman–Crippen MR) is 67.9 cm³/mol. The predicted octanol–water partition coefficient (Wildman–Crippen LogP) is 3.13. The van der Waals surface area contributed by atoms with E-state index in [1.165, 1.54) is 18.2 Å². The Morgan fingerprint density at radius 3 is 2.68 bits per heavy atom. The smallest absolute Gasteiger partial charge is 0.387 e. The Labute approximate surface area is 115 Å². The highest BCUT2D eigenvalue weighted by Crippen LogP contribution is 2.20. The molecule has 2 rings (SSSR count). The van der Waals surface area contributed by atoms with E-state index in [0.717, 1.165) is 12.8 Å². The molecule has 0 spiro atoms. The number of benzene rings is 1. The van der Waals surface area contributed by atoms with E-state index in [-0.39, 0.29) is 17.0 Å². The van der Waals surface area contributed by atoms with Crippen LogP contribution in [-0.2, 0) is 0 Å². The second kappa shape index (κ2) is 6.19. The van der Waals surface area contributed by atoms with Gasteiger partial charge in [0.25, 0.3) is 5.91 Å². The van der Waals surface area contributed by atoms with Gasteiger partial charge in [0.2, 0.25) is 0 Å². The highest BCUT2D eigenvalue weighted by atomic mass is 35.5. The summed E-state index contributed by atoms with van der Waals surface area (Å²) >= 11 is 5.97. The maximum Gasteiger partial charge on any atom is 0.387 e. The van der Waals surface area contributed by atoms with Gasteiger partial charge >= 0.3 is 6.61 Å². The minimum absolute atomic E-state index is 0.00641. The maximum absolute atomic E-state index is 12.2. The van der Waals surface area contributed by atoms with Gasteiger partial charge in [0.1, 0.15) is 5.75 Å². The van der Waals surface area contributed by atoms with E-state index >= 15 is 0 Å². The number of piperidine rings is 1. The summed E-state index contributed by atoms with van der Waals surface area (Å²) in [6, 6.07) is 5.85. The summed E-state index contributed by atoms with van der Waals surface area (Å²) in [5, 5.41) is 0.109. The number of carbonyl (C=O) groups excluding carboxylic acids is 1. The molecule has 0 aliphatic carbocycles. The van der Waals surface area contributed by atoms with E-state index in [4.69, 9.17) is 11.6 Å². The van der Waals surface area contributed by atoms with Crippen molar-refractivity contribution in [2.75, 3.05) is 13.1 Å². The molecule has 0 saturated carbocycles. The molecule has 1 aliphatic heterocycles. The molecular formula is C13H14ClF2NO2. The van der Waals surface area contributed by atoms with Crippen molar-refractivity contribution >= 4 is 17.5 Å². The molecule has 0 atom stereocenters. The summed E-state index contributed by atoms with van der Waals surface area (Å²) in [5.74, 6) is -0.184. The van der Waals surface area contributed by atoms with Crippen LogP contribution in [-0.4, -0.2) is 35.9 Å². The SMILES string of the molecule is O=C(c1cccc(OC(F)F)c1)N1CCC(Cl)CC1. The topological polar surface area (TPSA) is 29.5 Å². The van der Waals surface area contributed by atoms with Gasteiger partial charge in [-0.1, -0.05) is 6.07 Å². The average molecular weight is 290 g/mol. The molecule has 6 heteroatoms. The summed E-state index contributed by atoms with van der Waals surface area (Å²) in [5.41, 5.74) is 0.353. The first-order valence-electron chi connectivity index (χ1n) is 6.04. The number of carbonyl (C=O) groups is 1. The monoisotopic (exact) mass is 289 g/mol. The van der Waals surface area contributed by atoms with Crippen molar-refractivity contribution < 1.29 is 18.3 Å². The Hall–Kier alpha value is -1.36. The quantitative estimate of drug-likeness (QED) is 0.800. The van der Waals surface area contributed by atoms with Gasteiger partial charge in [0.15, 0.2) is 0 Å². The minimum atomic E-state index is -2.89. The summed E-state index contributed by atoms with van der Waals surface area (Å²) in [6.45, 7) is -1.71. The van der Waals surface area contributed by atoms with Crippen LogP contribution in [0.4, 0.5) is 8.78 Å². The van der Waals surface area contributed by atoms with Crippen LogP contribution in [0.15, 0.2) is 24.3 Å². The van der Waals surface area contributed by atoms with Gasteiger partial charge in [-0.05, 0) is 31.0 Å². The second-order valence-corrected chi connectivity index (χ2v) is 4.99. The van der Waals surface area contributed by atoms with E-state index < -0.39 is 6.61 Å². The van der Waals surface area contributed by atoms with Crippen LogP contribution < -0.4 is 4.74 Å². The van der Waals surface area contributed by atoms with Gasteiger partial charge in [0.05, 0.1) is 0 Å². The highest BCUT2D eigenvalue weighted by Gasteiger charge is 2.22. The number of halogens is 3. The van der Waals surface area contributed by atoms with Crippen LogP contribution in [0, 0.1) is 0 Å². The third-order valence-corrected chi connectivity index (χ3v) is 3.45. The Kier molecular flexibility index (Phi) is 4.58. The molecule has 1 aromatic carbocycles. The van der Waals surface area contributed by atoms with Gasteiger partial charge in [-0.3, -0.25) is 4.79 Å². The van der Waals surface area contributed by atoms with Gasteiger partial charge in [-0.25, -0.2) is 0 Å². The maximum atomic E-state index is 12.2. The largest absolute Gasteiger partial charge is 0.435 e. The number of nitrogens with zero attached hydrogens (tertiary/aromatic N) is 1. The average Bonchev–Trinajstić information content (AvgIpc) is 2.38. The van der Waals surface area contributed by atoms with Gasteiger partial charge in [-0.2, -0.15) is 8.78 Å². The third-order valence-electron chi connectivity index (χ3n) is 3.02. The molecule has 0 unspecified atom stereocenters. The molecule has 1 aliphatic rings. The van der Waals surface area contributed by atoms with Crippen molar-refractivity contribution in [2.45, 2.75) is 24.8 Å². The molecule has 1 saturated heterocycles. The number of rotatable bonds is 3. The highest BCUT2D eigenvalue weighted by molar-refractivity contribution is 6.20. The fourth-order valence-corrected chi connectivity index (χ4v) is 2.23. The van der Waals surface area contributed by atoms with Gasteiger partial charge in [0, 0.05) is 24.0 Å². The van der Waals surface area contributed by atoms with E-state index in [9.17, 15) is 13.6 Å². The summed E-state index contributed by atoms with van der Waals surface area (Å²) in [6.07, 6.45) is 1.50. The first-order valence-corrected chi connectivity index (χ1v) is 6.48. The van der Waals surface area contributed by atoms with Gasteiger partial charge < -0.3 is 9.64 Å². The van der Waals surface area contributed by atoms with Crippen molar-refractivity contribution in [3.05, 3.63) is 29.8 Å². The second-order valence-electron chi connectivity index (χ2n) is 4.37. The normalized spacial score (nSPS) is 16.7. The van der Waals surface area contributed by atoms with Crippen LogP contribution >= 0.6 is 11.6 Å². The van der Waals surface area contributed by atoms with Crippen molar-refractivity contribution in [2.24, 2.45) is 0 Å². The summed E-state index contributed by atoms with van der Waals surface area (Å²) in [7, 11) is 0. The molecule has 1 fully saturated rings. The molecule has 3 nitrogen and oxygen atoms in total. The molecule has 0 N–H and O–H groups in total. The van der Waals surface area contributed by atoms with Crippen LogP contribution in [0.1, 0.15) is 23.2 Å². The molecule has 1 aromatic rings. The minimum Gasteiger partial charge on any atom is -0.435 e. The third kappa shape index (κ3) is 3.80. The number of hydrogen-bond acceptors (Lipinski definition) is 2. The number of hydrogen-bond donors (Lipinski definition) is 0. The Morgan fingerprint density at radius 2 is 2.05 bits per heavy atom. The zero-order valence-corrected chi connectivity index (χ0v) is 10.9. The zero-order valence-electron chi connectivity index (χ0n) is 10.2. The summed E-state index contributed by atoms with van der Waals surface area (Å²) < 4.78 is 28.5. The lowest BCUT2D eigenvalue weighted by molar-refractivity contribution is -0.0499. The van der Waals surface area contributed by atoms with Crippen LogP contribution in [0.2, 0.25) is 0 Å². The standard InChI is InChI=1S/C13H14ClF2NO2/c14-10-4-6-17(7-5-10)12(18)9-2-1-3-11(8-9)19-13(15)16/h1-3,8,10,13H,4-7H2. The van der Waals surface area contributed by atoms with E-state index in [2.05, 4.69) is 4.74 Å². The Morgan fingerprint density at radius 1 is 1.37 bits per heavy atom. The molecule has 0 radical (unpaired) electrons. The van der Waals surface area contributed by atoms with Crippen molar-refractivity contribution in [3.63, 3.8) is 0 Å². The lowest BCUT2D eigenvalue weighted by atomic mass is 10.1. The first-order chi connectivity index (χ1) is 9.06. The van der Waals surface area contributed by atoms with E-state index in [1.54, 1.807) is 11.0 Å². The molecule has 1 heterocycles. The van der Waals surface area contributed by atoms with Crippen LogP contribution in [0.25, 0.3) is 0 Å².